The Morgan fingerprint density at radius 3 is 1.91 bits per heavy atom. The third-order valence-corrected chi connectivity index (χ3v) is 0.691. The highest BCUT2D eigenvalue weighted by Gasteiger charge is 1.99. The summed E-state index contributed by atoms with van der Waals surface area (Å²) in [7, 11) is 1.31. The Balaban J connectivity index is 0. The summed E-state index contributed by atoms with van der Waals surface area (Å²) in [6.07, 6.45) is 0. The Labute approximate surface area is 64.9 Å². The molecule has 0 heterocycles. The van der Waals surface area contributed by atoms with E-state index in [1.165, 1.54) is 7.05 Å². The van der Waals surface area contributed by atoms with Crippen LogP contribution in [0.25, 0.3) is 0 Å². The lowest BCUT2D eigenvalue weighted by Gasteiger charge is -1.89. The standard InChI is InChI=1S/C4H8O2.CH5N3O/c1-3(2)4(5)6;1-3-4(2)5/h3H,1-2H3,(H,5,6);1H3,(H2,2,3). The second-order valence-electron chi connectivity index (χ2n) is 2.00. The van der Waals surface area contributed by atoms with Crippen LogP contribution >= 0.6 is 0 Å². The molecule has 0 saturated carbocycles. The molecule has 0 aliphatic heterocycles. The molecule has 66 valence electrons. The number of rotatable bonds is 1. The first kappa shape index (κ1) is 12.4. The summed E-state index contributed by atoms with van der Waals surface area (Å²) in [5.41, 5.74) is 0. The van der Waals surface area contributed by atoms with Gasteiger partial charge in [0.25, 0.3) is 0 Å². The molecule has 3 N–H and O–H groups in total. The zero-order valence-electron chi connectivity index (χ0n) is 6.81. The molecule has 0 aromatic carbocycles. The maximum absolute atomic E-state index is 9.70. The van der Waals surface area contributed by atoms with Crippen LogP contribution in [-0.2, 0) is 4.79 Å². The molecule has 11 heavy (non-hydrogen) atoms. The van der Waals surface area contributed by atoms with Gasteiger partial charge in [-0.1, -0.05) is 13.8 Å². The van der Waals surface area contributed by atoms with E-state index in [0.717, 1.165) is 0 Å². The molecule has 0 saturated heterocycles. The van der Waals surface area contributed by atoms with Crippen LogP contribution in [0.2, 0.25) is 0 Å². The highest BCUT2D eigenvalue weighted by Crippen LogP contribution is 1.87. The SMILES string of the molecule is C/N=[N+](\N)[O-].CC(C)C(=O)O. The number of carboxylic acid groups (broad SMARTS) is 1. The summed E-state index contributed by atoms with van der Waals surface area (Å²) < 4.78 is 0. The van der Waals surface area contributed by atoms with Crippen molar-refractivity contribution < 1.29 is 14.9 Å². The number of hydrazine groups is 1. The topological polar surface area (TPSA) is 102 Å². The molecule has 0 aromatic rings. The molecule has 0 rings (SSSR count). The highest BCUT2D eigenvalue weighted by molar-refractivity contribution is 5.68. The minimum absolute atomic E-state index is 0. The number of carboxylic acids is 1. The van der Waals surface area contributed by atoms with Crippen LogP contribution in [-0.4, -0.2) is 23.1 Å². The molecule has 0 spiro atoms. The number of hydrogen-bond donors (Lipinski definition) is 2. The third-order valence-electron chi connectivity index (χ3n) is 0.691. The Morgan fingerprint density at radius 1 is 1.73 bits per heavy atom. The van der Waals surface area contributed by atoms with Crippen molar-refractivity contribution in [1.82, 2.24) is 0 Å². The lowest BCUT2D eigenvalue weighted by Crippen LogP contribution is -2.06. The second kappa shape index (κ2) is 6.79. The van der Waals surface area contributed by atoms with Gasteiger partial charge in [-0.3, -0.25) is 4.79 Å². The highest BCUT2D eigenvalue weighted by atomic mass is 16.5. The van der Waals surface area contributed by atoms with Crippen molar-refractivity contribution in [2.75, 3.05) is 7.05 Å². The van der Waals surface area contributed by atoms with Crippen LogP contribution < -0.4 is 5.84 Å². The van der Waals surface area contributed by atoms with Crippen LogP contribution in [0, 0.1) is 11.1 Å². The molecular weight excluding hydrogens is 150 g/mol. The van der Waals surface area contributed by atoms with Crippen LogP contribution in [0.5, 0.6) is 0 Å². The molecule has 0 aliphatic rings. The van der Waals surface area contributed by atoms with Gasteiger partial charge in [0.15, 0.2) is 0 Å². The smallest absolute Gasteiger partial charge is 0.305 e. The Kier molecular flexibility index (Phi) is 7.62. The van der Waals surface area contributed by atoms with Crippen molar-refractivity contribution in [2.45, 2.75) is 13.8 Å². The molecule has 0 radical (unpaired) electrons. The van der Waals surface area contributed by atoms with Crippen LogP contribution in [0.3, 0.4) is 0 Å². The molecule has 0 unspecified atom stereocenters. The van der Waals surface area contributed by atoms with Crippen LogP contribution in [0.15, 0.2) is 5.11 Å². The first-order chi connectivity index (χ1) is 4.91. The molecule has 0 aliphatic carbocycles. The summed E-state index contributed by atoms with van der Waals surface area (Å²) >= 11 is 0. The number of nitrogens with zero attached hydrogens (tertiary/aromatic N) is 2. The van der Waals surface area contributed by atoms with Crippen molar-refractivity contribution in [3.05, 3.63) is 5.21 Å². The maximum Gasteiger partial charge on any atom is 0.305 e. The van der Waals surface area contributed by atoms with E-state index in [-0.39, 0.29) is 10.9 Å². The fraction of sp³-hybridized carbons (Fsp3) is 0.800. The van der Waals surface area contributed by atoms with Gasteiger partial charge in [-0.25, -0.2) is 0 Å². The third kappa shape index (κ3) is 17.7. The minimum atomic E-state index is -0.741. The van der Waals surface area contributed by atoms with E-state index in [2.05, 4.69) is 11.0 Å². The molecule has 6 heteroatoms. The van der Waals surface area contributed by atoms with Gasteiger partial charge in [-0.15, -0.1) is 0 Å². The summed E-state index contributed by atoms with van der Waals surface area (Å²) in [4.78, 5) is 9.70. The average molecular weight is 163 g/mol. The van der Waals surface area contributed by atoms with Crippen molar-refractivity contribution in [1.29, 1.82) is 0 Å². The molecular formula is C5H13N3O3. The van der Waals surface area contributed by atoms with Crippen molar-refractivity contribution in [3.63, 3.8) is 0 Å². The fourth-order valence-electron chi connectivity index (χ4n) is 0. The van der Waals surface area contributed by atoms with E-state index < -0.39 is 5.97 Å². The monoisotopic (exact) mass is 163 g/mol. The van der Waals surface area contributed by atoms with Gasteiger partial charge in [-0.05, 0) is 5.11 Å². The van der Waals surface area contributed by atoms with Crippen LogP contribution in [0.1, 0.15) is 13.8 Å². The first-order valence-electron chi connectivity index (χ1n) is 2.96. The van der Waals surface area contributed by atoms with Crippen molar-refractivity contribution >= 4 is 5.97 Å². The predicted molar refractivity (Wildman–Crippen MR) is 38.6 cm³/mol. The van der Waals surface area contributed by atoms with Crippen LogP contribution in [0.4, 0.5) is 0 Å². The largest absolute Gasteiger partial charge is 0.572 e. The lowest BCUT2D eigenvalue weighted by atomic mass is 10.2. The lowest BCUT2D eigenvalue weighted by molar-refractivity contribution is -0.540. The van der Waals surface area contributed by atoms with E-state index >= 15 is 0 Å². The summed E-state index contributed by atoms with van der Waals surface area (Å²) in [5, 5.41) is 20.3. The van der Waals surface area contributed by atoms with E-state index in [1.54, 1.807) is 13.8 Å². The summed E-state index contributed by atoms with van der Waals surface area (Å²) in [6, 6.07) is 0. The van der Waals surface area contributed by atoms with E-state index in [4.69, 9.17) is 5.11 Å². The van der Waals surface area contributed by atoms with Gasteiger partial charge in [-0.2, -0.15) is 5.84 Å². The molecule has 0 atom stereocenters. The molecule has 0 amide bonds. The Morgan fingerprint density at radius 2 is 1.91 bits per heavy atom. The molecule has 0 fully saturated rings. The van der Waals surface area contributed by atoms with Gasteiger partial charge in [0.2, 0.25) is 0 Å². The Hall–Kier alpha value is -1.33. The van der Waals surface area contributed by atoms with Gasteiger partial charge in [0, 0.05) is 4.97 Å². The Bertz CT molecular complexity index is 140. The van der Waals surface area contributed by atoms with Gasteiger partial charge in [0.05, 0.1) is 13.0 Å². The molecule has 0 aromatic heterocycles. The fourth-order valence-corrected chi connectivity index (χ4v) is 0. The normalized spacial score (nSPS) is 10.4. The number of hydrogen-bond acceptors (Lipinski definition) is 3. The van der Waals surface area contributed by atoms with E-state index in [0.29, 0.717) is 0 Å². The van der Waals surface area contributed by atoms with Crippen molar-refractivity contribution in [3.8, 4) is 0 Å². The first-order valence-corrected chi connectivity index (χ1v) is 2.96. The van der Waals surface area contributed by atoms with Gasteiger partial charge >= 0.3 is 5.97 Å². The molecule has 6 nitrogen and oxygen atoms in total. The zero-order chi connectivity index (χ0) is 9.44. The zero-order valence-corrected chi connectivity index (χ0v) is 6.81. The van der Waals surface area contributed by atoms with Gasteiger partial charge < -0.3 is 10.3 Å². The number of nitrogens with two attached hydrogens (primary N) is 1. The molecule has 0 bridgehead atoms. The second-order valence-corrected chi connectivity index (χ2v) is 2.00. The van der Waals surface area contributed by atoms with Crippen molar-refractivity contribution in [2.24, 2.45) is 16.9 Å². The van der Waals surface area contributed by atoms with Gasteiger partial charge in [0.1, 0.15) is 0 Å². The minimum Gasteiger partial charge on any atom is -0.572 e. The maximum atomic E-state index is 9.70. The van der Waals surface area contributed by atoms with E-state index in [1.807, 2.05) is 0 Å². The summed E-state index contributed by atoms with van der Waals surface area (Å²) in [6.45, 7) is 3.28. The number of aliphatic carboxylic acids is 1. The predicted octanol–water partition coefficient (Wildman–Crippen LogP) is 0.179. The summed E-state index contributed by atoms with van der Waals surface area (Å²) in [5.74, 6) is 3.43. The number of carbonyl (C=O) groups is 1. The quantitative estimate of drug-likeness (QED) is 0.249. The van der Waals surface area contributed by atoms with E-state index in [9.17, 15) is 10.0 Å². The average Bonchev–Trinajstić information content (AvgIpc) is 1.89.